The molecule has 1 aliphatic heterocycles. The normalized spacial score (nSPS) is 16.6. The predicted molar refractivity (Wildman–Crippen MR) is 95.8 cm³/mol. The van der Waals surface area contributed by atoms with Crippen molar-refractivity contribution < 1.29 is 19.2 Å². The molecule has 0 spiro atoms. The van der Waals surface area contributed by atoms with Crippen molar-refractivity contribution in [3.05, 3.63) is 47.7 Å². The summed E-state index contributed by atoms with van der Waals surface area (Å²) in [5.41, 5.74) is 2.08. The first-order valence-electron chi connectivity index (χ1n) is 8.16. The Morgan fingerprint density at radius 1 is 1.31 bits per heavy atom. The molecular formula is C18H22N4O4. The molecular weight excluding hydrogens is 336 g/mol. The van der Waals surface area contributed by atoms with Crippen molar-refractivity contribution in [3.63, 3.8) is 0 Å². The molecule has 0 aromatic heterocycles. The van der Waals surface area contributed by atoms with Crippen molar-refractivity contribution in [2.75, 3.05) is 7.05 Å². The van der Waals surface area contributed by atoms with Gasteiger partial charge in [-0.2, -0.15) is 0 Å². The van der Waals surface area contributed by atoms with Crippen LogP contribution in [0.15, 0.2) is 47.1 Å². The molecule has 1 aromatic rings. The number of amides is 2. The zero-order valence-electron chi connectivity index (χ0n) is 15.2. The summed E-state index contributed by atoms with van der Waals surface area (Å²) in [7, 11) is 1.54. The van der Waals surface area contributed by atoms with E-state index in [1.54, 1.807) is 37.4 Å². The number of hydrogen-bond acceptors (Lipinski definition) is 6. The van der Waals surface area contributed by atoms with Crippen LogP contribution in [0, 0.1) is 0 Å². The molecule has 1 heterocycles. The van der Waals surface area contributed by atoms with Gasteiger partial charge < -0.3 is 10.2 Å². The van der Waals surface area contributed by atoms with Gasteiger partial charge in [-0.25, -0.2) is 9.79 Å². The molecule has 0 atom stereocenters. The Morgan fingerprint density at radius 2 is 1.96 bits per heavy atom. The quantitative estimate of drug-likeness (QED) is 0.609. The summed E-state index contributed by atoms with van der Waals surface area (Å²) in [6, 6.07) is 8.37. The number of carbonyl (C=O) groups is 3. The van der Waals surface area contributed by atoms with Crippen molar-refractivity contribution in [1.82, 2.24) is 15.9 Å². The third-order valence-corrected chi connectivity index (χ3v) is 3.93. The Labute approximate surface area is 151 Å². The fourth-order valence-electron chi connectivity index (χ4n) is 2.00. The average Bonchev–Trinajstić information content (AvgIpc) is 2.93. The second-order valence-corrected chi connectivity index (χ2v) is 6.43. The molecule has 2 N–H and O–H groups in total. The van der Waals surface area contributed by atoms with Crippen LogP contribution in [-0.2, 0) is 14.4 Å². The van der Waals surface area contributed by atoms with E-state index in [1.165, 1.54) is 11.1 Å². The lowest BCUT2D eigenvalue weighted by molar-refractivity contribution is -0.142. The maximum Gasteiger partial charge on any atom is 0.376 e. The number of nitrogens with one attached hydrogen (secondary N) is 2. The second-order valence-electron chi connectivity index (χ2n) is 6.43. The zero-order chi connectivity index (χ0) is 19.3. The molecule has 1 aromatic carbocycles. The van der Waals surface area contributed by atoms with Gasteiger partial charge in [-0.05, 0) is 32.4 Å². The highest BCUT2D eigenvalue weighted by Crippen LogP contribution is 2.11. The highest BCUT2D eigenvalue weighted by atomic mass is 16.7. The fraction of sp³-hybridized carbons (Fsp3) is 0.333. The van der Waals surface area contributed by atoms with Gasteiger partial charge in [0.25, 0.3) is 11.8 Å². The summed E-state index contributed by atoms with van der Waals surface area (Å²) in [5, 5.41) is 4.10. The standard InChI is InChI=1S/C18H22N4O4/c1-5-18(2,3)20-16(24)13(11-14-17(25)26-21-22(14)4)19-15(23)12-9-7-6-8-10-12/h6-11,21H,5H2,1-4H3,(H,20,24)/b14-11+,19-13?. The van der Waals surface area contributed by atoms with Crippen LogP contribution in [0.25, 0.3) is 0 Å². The van der Waals surface area contributed by atoms with Crippen LogP contribution in [0.3, 0.4) is 0 Å². The van der Waals surface area contributed by atoms with E-state index in [4.69, 9.17) is 0 Å². The molecule has 138 valence electrons. The topological polar surface area (TPSA) is 100 Å². The Bertz CT molecular complexity index is 769. The Kier molecular flexibility index (Phi) is 5.89. The lowest BCUT2D eigenvalue weighted by atomic mass is 10.0. The number of hydrazine groups is 1. The Balaban J connectivity index is 2.40. The summed E-state index contributed by atoms with van der Waals surface area (Å²) in [6.45, 7) is 5.63. The maximum atomic E-state index is 12.7. The number of aliphatic imine (C=N–C) groups is 1. The molecule has 26 heavy (non-hydrogen) atoms. The van der Waals surface area contributed by atoms with Crippen LogP contribution >= 0.6 is 0 Å². The molecule has 2 rings (SSSR count). The molecule has 8 nitrogen and oxygen atoms in total. The predicted octanol–water partition coefficient (Wildman–Crippen LogP) is 1.36. The van der Waals surface area contributed by atoms with Gasteiger partial charge in [-0.15, -0.1) is 0 Å². The minimum atomic E-state index is -0.671. The average molecular weight is 358 g/mol. The van der Waals surface area contributed by atoms with Crippen LogP contribution < -0.4 is 10.9 Å². The van der Waals surface area contributed by atoms with E-state index in [0.29, 0.717) is 12.0 Å². The van der Waals surface area contributed by atoms with E-state index < -0.39 is 23.3 Å². The minimum absolute atomic E-state index is 0.0640. The van der Waals surface area contributed by atoms with Gasteiger partial charge in [0, 0.05) is 24.2 Å². The van der Waals surface area contributed by atoms with E-state index in [0.717, 1.165) is 0 Å². The van der Waals surface area contributed by atoms with E-state index in [-0.39, 0.29) is 11.4 Å². The van der Waals surface area contributed by atoms with Gasteiger partial charge >= 0.3 is 5.97 Å². The summed E-state index contributed by atoms with van der Waals surface area (Å²) in [5.74, 6) is -1.81. The summed E-state index contributed by atoms with van der Waals surface area (Å²) in [6.07, 6.45) is 1.91. The third kappa shape index (κ3) is 4.76. The molecule has 0 aliphatic carbocycles. The Hall–Kier alpha value is -3.00. The summed E-state index contributed by atoms with van der Waals surface area (Å²) in [4.78, 5) is 45.4. The SMILES string of the molecule is CCC(C)(C)NC(=O)C(/C=C1\C(=O)ONN1C)=NC(=O)c1ccccc1. The molecule has 0 radical (unpaired) electrons. The van der Waals surface area contributed by atoms with E-state index in [1.807, 2.05) is 20.8 Å². The largest absolute Gasteiger partial charge is 0.376 e. The van der Waals surface area contributed by atoms with Crippen LogP contribution in [-0.4, -0.2) is 41.1 Å². The fourth-order valence-corrected chi connectivity index (χ4v) is 2.00. The van der Waals surface area contributed by atoms with Crippen LogP contribution in [0.5, 0.6) is 0 Å². The zero-order valence-corrected chi connectivity index (χ0v) is 15.2. The molecule has 0 bridgehead atoms. The van der Waals surface area contributed by atoms with Gasteiger partial charge in [-0.1, -0.05) is 30.7 Å². The van der Waals surface area contributed by atoms with Crippen LogP contribution in [0.1, 0.15) is 37.6 Å². The summed E-state index contributed by atoms with van der Waals surface area (Å²) < 4.78 is 0. The third-order valence-electron chi connectivity index (χ3n) is 3.93. The van der Waals surface area contributed by atoms with Gasteiger partial charge in [0.1, 0.15) is 11.4 Å². The number of benzene rings is 1. The smallest absolute Gasteiger partial charge is 0.346 e. The van der Waals surface area contributed by atoms with E-state index >= 15 is 0 Å². The van der Waals surface area contributed by atoms with Crippen LogP contribution in [0.2, 0.25) is 0 Å². The number of rotatable bonds is 5. The first-order chi connectivity index (χ1) is 12.2. The van der Waals surface area contributed by atoms with E-state index in [2.05, 4.69) is 20.7 Å². The maximum absolute atomic E-state index is 12.7. The van der Waals surface area contributed by atoms with E-state index in [9.17, 15) is 14.4 Å². The van der Waals surface area contributed by atoms with Crippen molar-refractivity contribution in [2.45, 2.75) is 32.7 Å². The van der Waals surface area contributed by atoms with Gasteiger partial charge in [-0.3, -0.25) is 14.6 Å². The Morgan fingerprint density at radius 3 is 2.50 bits per heavy atom. The van der Waals surface area contributed by atoms with Crippen molar-refractivity contribution in [2.24, 2.45) is 4.99 Å². The van der Waals surface area contributed by atoms with Gasteiger partial charge in [0.2, 0.25) is 0 Å². The van der Waals surface area contributed by atoms with Crippen LogP contribution in [0.4, 0.5) is 0 Å². The molecule has 8 heteroatoms. The monoisotopic (exact) mass is 358 g/mol. The summed E-state index contributed by atoms with van der Waals surface area (Å²) >= 11 is 0. The van der Waals surface area contributed by atoms with Crippen molar-refractivity contribution in [3.8, 4) is 0 Å². The van der Waals surface area contributed by atoms with Gasteiger partial charge in [0.05, 0.1) is 0 Å². The molecule has 1 saturated heterocycles. The number of hydrogen-bond donors (Lipinski definition) is 2. The minimum Gasteiger partial charge on any atom is -0.346 e. The van der Waals surface area contributed by atoms with Gasteiger partial charge in [0.15, 0.2) is 0 Å². The highest BCUT2D eigenvalue weighted by molar-refractivity contribution is 6.45. The molecule has 2 amide bonds. The number of carbonyl (C=O) groups excluding carboxylic acids is 3. The number of likely N-dealkylation sites (N-methyl/N-ethyl adjacent to an activating group) is 1. The molecule has 1 fully saturated rings. The van der Waals surface area contributed by atoms with Crippen molar-refractivity contribution in [1.29, 1.82) is 0 Å². The number of nitrogens with zero attached hydrogens (tertiary/aromatic N) is 2. The first-order valence-corrected chi connectivity index (χ1v) is 8.16. The lowest BCUT2D eigenvalue weighted by Crippen LogP contribution is -2.46. The molecule has 1 aliphatic rings. The molecule has 0 saturated carbocycles. The molecule has 0 unspecified atom stereocenters. The second kappa shape index (κ2) is 7.92. The van der Waals surface area contributed by atoms with Crippen molar-refractivity contribution >= 4 is 23.5 Å². The first kappa shape index (κ1) is 19.3. The highest BCUT2D eigenvalue weighted by Gasteiger charge is 2.28. The lowest BCUT2D eigenvalue weighted by Gasteiger charge is -2.24.